The fourth-order valence-electron chi connectivity index (χ4n) is 1.92. The zero-order chi connectivity index (χ0) is 21.1. The Morgan fingerprint density at radius 2 is 1.68 bits per heavy atom. The van der Waals surface area contributed by atoms with E-state index in [0.29, 0.717) is 9.14 Å². The molecule has 28 heavy (non-hydrogen) atoms. The molecule has 12 heteroatoms. The summed E-state index contributed by atoms with van der Waals surface area (Å²) >= 11 is 12.3. The van der Waals surface area contributed by atoms with E-state index < -0.39 is 29.4 Å². The van der Waals surface area contributed by atoms with E-state index in [2.05, 4.69) is 36.8 Å². The number of alkyl halides is 6. The van der Waals surface area contributed by atoms with Gasteiger partial charge in [-0.15, -0.1) is 0 Å². The van der Waals surface area contributed by atoms with Gasteiger partial charge in [-0.1, -0.05) is 11.6 Å². The number of pyridine rings is 1. The number of nitrogens with zero attached hydrogens (tertiary/aromatic N) is 1. The van der Waals surface area contributed by atoms with E-state index in [1.807, 2.05) is 0 Å². The Balaban J connectivity index is 2.27. The Morgan fingerprint density at radius 3 is 2.21 bits per heavy atom. The van der Waals surface area contributed by atoms with E-state index in [0.717, 1.165) is 0 Å². The fourth-order valence-corrected chi connectivity index (χ4v) is 2.39. The van der Waals surface area contributed by atoms with E-state index in [1.165, 1.54) is 18.2 Å². The summed E-state index contributed by atoms with van der Waals surface area (Å²) in [6.45, 7) is 0.192. The van der Waals surface area contributed by atoms with Gasteiger partial charge in [-0.25, -0.2) is 4.98 Å². The van der Waals surface area contributed by atoms with Crippen molar-refractivity contribution in [1.29, 1.82) is 0 Å². The first-order valence-corrected chi connectivity index (χ1v) is 9.10. The fraction of sp³-hybridized carbons (Fsp3) is 0.188. The summed E-state index contributed by atoms with van der Waals surface area (Å²) in [7, 11) is 0. The molecule has 3 nitrogen and oxygen atoms in total. The highest BCUT2D eigenvalue weighted by Crippen LogP contribution is 2.42. The first-order chi connectivity index (χ1) is 12.9. The summed E-state index contributed by atoms with van der Waals surface area (Å²) in [5.41, 5.74) is -3.82. The van der Waals surface area contributed by atoms with E-state index in [9.17, 15) is 26.3 Å². The second kappa shape index (κ2) is 8.91. The molecular weight excluding hydrogens is 547 g/mol. The van der Waals surface area contributed by atoms with Gasteiger partial charge in [0.15, 0.2) is 0 Å². The van der Waals surface area contributed by atoms with Gasteiger partial charge in [0.2, 0.25) is 5.88 Å². The number of ether oxygens (including phenoxy) is 2. The quantitative estimate of drug-likeness (QED) is 0.357. The van der Waals surface area contributed by atoms with Crippen molar-refractivity contribution in [3.63, 3.8) is 0 Å². The van der Waals surface area contributed by atoms with Gasteiger partial charge in [-0.2, -0.15) is 26.3 Å². The van der Waals surface area contributed by atoms with E-state index in [-0.39, 0.29) is 29.6 Å². The minimum Gasteiger partial charge on any atom is -0.489 e. The molecule has 0 radical (unpaired) electrons. The Hall–Kier alpha value is -1.46. The summed E-state index contributed by atoms with van der Waals surface area (Å²) in [4.78, 5) is 3.30. The number of benzene rings is 1. The highest BCUT2D eigenvalue weighted by atomic mass is 79.9. The van der Waals surface area contributed by atoms with Crippen LogP contribution in [0.25, 0.3) is 0 Å². The van der Waals surface area contributed by atoms with Crippen molar-refractivity contribution in [1.82, 2.24) is 4.98 Å². The molecule has 152 valence electrons. The normalized spacial score (nSPS) is 11.9. The molecule has 0 bridgehead atoms. The first kappa shape index (κ1) is 22.8. The van der Waals surface area contributed by atoms with Crippen molar-refractivity contribution in [2.75, 3.05) is 6.61 Å². The topological polar surface area (TPSA) is 31.4 Å². The second-order valence-corrected chi connectivity index (χ2v) is 8.24. The maximum atomic E-state index is 13.0. The Morgan fingerprint density at radius 1 is 1.04 bits per heavy atom. The maximum Gasteiger partial charge on any atom is 0.418 e. The van der Waals surface area contributed by atoms with Crippen LogP contribution in [0.1, 0.15) is 11.1 Å². The van der Waals surface area contributed by atoms with Gasteiger partial charge in [-0.3, -0.25) is 0 Å². The lowest BCUT2D eigenvalue weighted by Crippen LogP contribution is -2.17. The highest BCUT2D eigenvalue weighted by Gasteiger charge is 2.43. The van der Waals surface area contributed by atoms with Crippen LogP contribution in [0.2, 0.25) is 5.02 Å². The van der Waals surface area contributed by atoms with Crippen LogP contribution in [0.4, 0.5) is 26.3 Å². The molecule has 0 unspecified atom stereocenters. The van der Waals surface area contributed by atoms with Crippen molar-refractivity contribution < 1.29 is 35.8 Å². The van der Waals surface area contributed by atoms with Gasteiger partial charge in [0.05, 0.1) is 19.5 Å². The molecule has 0 atom stereocenters. The third-order valence-corrected chi connectivity index (χ3v) is 4.04. The first-order valence-electron chi connectivity index (χ1n) is 7.13. The minimum atomic E-state index is -5.25. The van der Waals surface area contributed by atoms with Crippen molar-refractivity contribution in [2.45, 2.75) is 12.4 Å². The lowest BCUT2D eigenvalue weighted by atomic mass is 10.1. The molecular formula is C16H8Br2ClF6NO2. The highest BCUT2D eigenvalue weighted by molar-refractivity contribution is 9.28. The molecule has 1 aromatic heterocycles. The van der Waals surface area contributed by atoms with Crippen LogP contribution in [-0.4, -0.2) is 11.6 Å². The van der Waals surface area contributed by atoms with Crippen LogP contribution >= 0.6 is 43.5 Å². The van der Waals surface area contributed by atoms with Gasteiger partial charge < -0.3 is 9.47 Å². The molecule has 1 heterocycles. The number of hydrogen-bond acceptors (Lipinski definition) is 3. The zero-order valence-electron chi connectivity index (χ0n) is 13.3. The maximum absolute atomic E-state index is 13.0. The molecule has 0 spiro atoms. The van der Waals surface area contributed by atoms with Gasteiger partial charge in [0.25, 0.3) is 0 Å². The Bertz CT molecular complexity index is 882. The van der Waals surface area contributed by atoms with Crippen molar-refractivity contribution in [2.24, 2.45) is 0 Å². The van der Waals surface area contributed by atoms with Crippen molar-refractivity contribution >= 4 is 43.5 Å². The molecule has 0 aliphatic heterocycles. The largest absolute Gasteiger partial charge is 0.489 e. The third kappa shape index (κ3) is 6.28. The summed E-state index contributed by atoms with van der Waals surface area (Å²) in [5.74, 6) is -0.458. The van der Waals surface area contributed by atoms with Crippen molar-refractivity contribution in [3.8, 4) is 17.4 Å². The SMILES string of the molecule is FC(F)(F)c1cnc(Oc2ccc(OCC=C(Br)Br)cc2Cl)cc1C(F)(F)F. The number of hydrogen-bond donors (Lipinski definition) is 0. The lowest BCUT2D eigenvalue weighted by Gasteiger charge is -2.16. The average Bonchev–Trinajstić information content (AvgIpc) is 2.55. The van der Waals surface area contributed by atoms with E-state index in [4.69, 9.17) is 21.1 Å². The van der Waals surface area contributed by atoms with E-state index >= 15 is 0 Å². The molecule has 0 saturated heterocycles. The number of rotatable bonds is 5. The van der Waals surface area contributed by atoms with Gasteiger partial charge in [0.1, 0.15) is 18.1 Å². The predicted molar refractivity (Wildman–Crippen MR) is 97.2 cm³/mol. The lowest BCUT2D eigenvalue weighted by molar-refractivity contribution is -0.162. The van der Waals surface area contributed by atoms with Crippen LogP contribution in [0.15, 0.2) is 39.9 Å². The minimum absolute atomic E-state index is 0.0327. The molecule has 2 rings (SSSR count). The zero-order valence-corrected chi connectivity index (χ0v) is 17.3. The van der Waals surface area contributed by atoms with Gasteiger partial charge in [-0.05, 0) is 50.1 Å². The van der Waals surface area contributed by atoms with E-state index in [1.54, 1.807) is 6.08 Å². The molecule has 0 aliphatic rings. The molecule has 0 fully saturated rings. The van der Waals surface area contributed by atoms with Crippen LogP contribution < -0.4 is 9.47 Å². The van der Waals surface area contributed by atoms with Crippen LogP contribution in [0, 0.1) is 0 Å². The summed E-state index contributed by atoms with van der Waals surface area (Å²) in [6, 6.07) is 4.21. The third-order valence-electron chi connectivity index (χ3n) is 3.10. The summed E-state index contributed by atoms with van der Waals surface area (Å²) in [6.07, 6.45) is -8.74. The molecule has 0 aliphatic carbocycles. The standard InChI is InChI=1S/C16H8Br2ClF6NO2/c17-13(18)3-4-27-8-1-2-12(11(19)5-8)28-14-6-9(15(20,21)22)10(7-26-14)16(23,24)25/h1-3,5-7H,4H2. The average molecular weight is 555 g/mol. The van der Waals surface area contributed by atoms with Crippen LogP contribution in [0.3, 0.4) is 0 Å². The van der Waals surface area contributed by atoms with Crippen molar-refractivity contribution in [3.05, 3.63) is 56.1 Å². The molecule has 1 aromatic carbocycles. The predicted octanol–water partition coefficient (Wildman–Crippen LogP) is 7.57. The Kier molecular flexibility index (Phi) is 7.27. The monoisotopic (exact) mass is 553 g/mol. The second-order valence-electron chi connectivity index (χ2n) is 5.06. The smallest absolute Gasteiger partial charge is 0.418 e. The number of aromatic nitrogens is 1. The number of halogens is 9. The van der Waals surface area contributed by atoms with Crippen LogP contribution in [-0.2, 0) is 12.4 Å². The molecule has 2 aromatic rings. The van der Waals surface area contributed by atoms with Gasteiger partial charge in [0, 0.05) is 18.3 Å². The van der Waals surface area contributed by atoms with Crippen LogP contribution in [0.5, 0.6) is 17.4 Å². The summed E-state index contributed by atoms with van der Waals surface area (Å²) < 4.78 is 88.4. The Labute approximate surface area is 176 Å². The molecule has 0 saturated carbocycles. The summed E-state index contributed by atoms with van der Waals surface area (Å²) in [5, 5.41) is -0.0327. The molecule has 0 amide bonds. The molecule has 0 N–H and O–H groups in total. The van der Waals surface area contributed by atoms with Gasteiger partial charge >= 0.3 is 12.4 Å².